The molecule has 25 heavy (non-hydrogen) atoms. The molecule has 0 aliphatic heterocycles. The largest absolute Gasteiger partial charge is 0.493 e. The van der Waals surface area contributed by atoms with Crippen molar-refractivity contribution < 1.29 is 23.4 Å². The van der Waals surface area contributed by atoms with Gasteiger partial charge in [0, 0.05) is 13.6 Å². The molecule has 0 aliphatic rings. The van der Waals surface area contributed by atoms with E-state index in [0.29, 0.717) is 29.4 Å². The number of methoxy groups -OCH3 is 3. The van der Waals surface area contributed by atoms with E-state index in [-0.39, 0.29) is 18.1 Å². The molecule has 0 saturated heterocycles. The van der Waals surface area contributed by atoms with Crippen LogP contribution >= 0.6 is 0 Å². The van der Waals surface area contributed by atoms with E-state index < -0.39 is 0 Å². The van der Waals surface area contributed by atoms with Gasteiger partial charge < -0.3 is 19.1 Å². The van der Waals surface area contributed by atoms with Gasteiger partial charge in [0.25, 0.3) is 0 Å². The van der Waals surface area contributed by atoms with E-state index in [4.69, 9.17) is 14.2 Å². The Morgan fingerprint density at radius 1 is 1.04 bits per heavy atom. The zero-order chi connectivity index (χ0) is 18.4. The van der Waals surface area contributed by atoms with Gasteiger partial charge in [-0.3, -0.25) is 4.79 Å². The van der Waals surface area contributed by atoms with Crippen LogP contribution in [0, 0.1) is 5.82 Å². The summed E-state index contributed by atoms with van der Waals surface area (Å²) in [4.78, 5) is 13.9. The van der Waals surface area contributed by atoms with Gasteiger partial charge in [0.1, 0.15) is 5.82 Å². The van der Waals surface area contributed by atoms with E-state index in [0.717, 1.165) is 5.56 Å². The number of amides is 1. The van der Waals surface area contributed by atoms with Crippen LogP contribution in [0.25, 0.3) is 0 Å². The van der Waals surface area contributed by atoms with Crippen LogP contribution in [-0.2, 0) is 17.8 Å². The van der Waals surface area contributed by atoms with Crippen molar-refractivity contribution in [3.05, 3.63) is 53.3 Å². The number of hydrogen-bond acceptors (Lipinski definition) is 4. The van der Waals surface area contributed by atoms with Crippen LogP contribution in [-0.4, -0.2) is 39.2 Å². The van der Waals surface area contributed by atoms with Crippen LogP contribution in [0.2, 0.25) is 0 Å². The van der Waals surface area contributed by atoms with E-state index in [1.165, 1.54) is 32.3 Å². The average Bonchev–Trinajstić information content (AvgIpc) is 2.62. The number of rotatable bonds is 7. The third-order valence-corrected chi connectivity index (χ3v) is 3.87. The van der Waals surface area contributed by atoms with Gasteiger partial charge in [-0.15, -0.1) is 0 Å². The van der Waals surface area contributed by atoms with E-state index >= 15 is 0 Å². The molecule has 0 saturated carbocycles. The highest BCUT2D eigenvalue weighted by atomic mass is 19.1. The number of ether oxygens (including phenoxy) is 3. The lowest BCUT2D eigenvalue weighted by Crippen LogP contribution is -2.28. The van der Waals surface area contributed by atoms with Crippen molar-refractivity contribution in [1.82, 2.24) is 4.90 Å². The predicted octanol–water partition coefficient (Wildman–Crippen LogP) is 3.05. The third kappa shape index (κ3) is 4.41. The van der Waals surface area contributed by atoms with Crippen molar-refractivity contribution in [3.8, 4) is 17.2 Å². The van der Waals surface area contributed by atoms with Crippen molar-refractivity contribution in [2.75, 3.05) is 28.4 Å². The Morgan fingerprint density at radius 2 is 1.64 bits per heavy atom. The van der Waals surface area contributed by atoms with Crippen molar-refractivity contribution >= 4 is 5.91 Å². The lowest BCUT2D eigenvalue weighted by atomic mass is 10.1. The number of carbonyl (C=O) groups is 1. The highest BCUT2D eigenvalue weighted by molar-refractivity contribution is 5.78. The zero-order valence-electron chi connectivity index (χ0n) is 14.8. The molecule has 0 aromatic heterocycles. The van der Waals surface area contributed by atoms with Crippen LogP contribution in [0.5, 0.6) is 17.2 Å². The summed E-state index contributed by atoms with van der Waals surface area (Å²) in [5, 5.41) is 0. The Kier molecular flexibility index (Phi) is 6.22. The van der Waals surface area contributed by atoms with Crippen molar-refractivity contribution in [2.24, 2.45) is 0 Å². The van der Waals surface area contributed by atoms with Gasteiger partial charge in [-0.1, -0.05) is 18.2 Å². The average molecular weight is 347 g/mol. The molecule has 0 heterocycles. The van der Waals surface area contributed by atoms with Crippen molar-refractivity contribution in [2.45, 2.75) is 13.0 Å². The molecule has 0 radical (unpaired) electrons. The minimum atomic E-state index is -0.378. The SMILES string of the molecule is COc1cc(CN(C)C(=O)Cc2ccccc2F)cc(OC)c1OC. The lowest BCUT2D eigenvalue weighted by Gasteiger charge is -2.20. The first-order valence-corrected chi connectivity index (χ1v) is 7.76. The van der Waals surface area contributed by atoms with Crippen LogP contribution in [0.15, 0.2) is 36.4 Å². The molecular formula is C19H22FNO4. The Hall–Kier alpha value is -2.76. The quantitative estimate of drug-likeness (QED) is 0.772. The molecule has 6 heteroatoms. The maximum absolute atomic E-state index is 13.7. The Bertz CT molecular complexity index is 723. The van der Waals surface area contributed by atoms with E-state index in [9.17, 15) is 9.18 Å². The van der Waals surface area contributed by atoms with Gasteiger partial charge in [0.2, 0.25) is 11.7 Å². The first kappa shape index (κ1) is 18.6. The van der Waals surface area contributed by atoms with Gasteiger partial charge in [0.05, 0.1) is 27.8 Å². The summed E-state index contributed by atoms with van der Waals surface area (Å²) in [7, 11) is 6.28. The van der Waals surface area contributed by atoms with E-state index in [1.54, 1.807) is 37.4 Å². The predicted molar refractivity (Wildman–Crippen MR) is 92.7 cm³/mol. The second-order valence-electron chi connectivity index (χ2n) is 5.55. The molecule has 2 rings (SSSR count). The number of halogens is 1. The molecular weight excluding hydrogens is 325 g/mol. The molecule has 134 valence electrons. The summed E-state index contributed by atoms with van der Waals surface area (Å²) < 4.78 is 29.6. The zero-order valence-corrected chi connectivity index (χ0v) is 14.8. The molecule has 0 bridgehead atoms. The Balaban J connectivity index is 2.15. The van der Waals surface area contributed by atoms with Crippen molar-refractivity contribution in [1.29, 1.82) is 0 Å². The standard InChI is InChI=1S/C19H22FNO4/c1-21(18(22)11-14-7-5-6-8-15(14)20)12-13-9-16(23-2)19(25-4)17(10-13)24-3/h5-10H,11-12H2,1-4H3. The molecule has 0 N–H and O–H groups in total. The number of hydrogen-bond donors (Lipinski definition) is 0. The molecule has 0 atom stereocenters. The van der Waals surface area contributed by atoms with Gasteiger partial charge >= 0.3 is 0 Å². The Labute approximate surface area is 146 Å². The molecule has 2 aromatic carbocycles. The monoisotopic (exact) mass is 347 g/mol. The molecule has 2 aromatic rings. The summed E-state index contributed by atoms with van der Waals surface area (Å²) >= 11 is 0. The summed E-state index contributed by atoms with van der Waals surface area (Å²) in [5.41, 5.74) is 1.20. The van der Waals surface area contributed by atoms with E-state index in [2.05, 4.69) is 0 Å². The number of benzene rings is 2. The van der Waals surface area contributed by atoms with Gasteiger partial charge in [-0.05, 0) is 29.3 Å². The summed E-state index contributed by atoms with van der Waals surface area (Å²) in [6.45, 7) is 0.337. The second kappa shape index (κ2) is 8.37. The maximum Gasteiger partial charge on any atom is 0.227 e. The summed E-state index contributed by atoms with van der Waals surface area (Å²) in [6, 6.07) is 9.85. The van der Waals surface area contributed by atoms with Gasteiger partial charge in [-0.25, -0.2) is 4.39 Å². The Morgan fingerprint density at radius 3 is 2.16 bits per heavy atom. The highest BCUT2D eigenvalue weighted by Crippen LogP contribution is 2.38. The molecule has 0 fully saturated rings. The first-order valence-electron chi connectivity index (χ1n) is 7.76. The lowest BCUT2D eigenvalue weighted by molar-refractivity contribution is -0.129. The molecule has 0 aliphatic carbocycles. The maximum atomic E-state index is 13.7. The van der Waals surface area contributed by atoms with Crippen LogP contribution in [0.4, 0.5) is 4.39 Å². The summed E-state index contributed by atoms with van der Waals surface area (Å²) in [5.74, 6) is 0.976. The minimum absolute atomic E-state index is 0.00754. The van der Waals surface area contributed by atoms with Crippen LogP contribution in [0.1, 0.15) is 11.1 Å². The number of likely N-dealkylation sites (N-methyl/N-ethyl adjacent to an activating group) is 1. The van der Waals surface area contributed by atoms with Crippen molar-refractivity contribution in [3.63, 3.8) is 0 Å². The molecule has 5 nitrogen and oxygen atoms in total. The third-order valence-electron chi connectivity index (χ3n) is 3.87. The van der Waals surface area contributed by atoms with E-state index in [1.807, 2.05) is 0 Å². The normalized spacial score (nSPS) is 10.3. The number of carbonyl (C=O) groups excluding carboxylic acids is 1. The summed E-state index contributed by atoms with van der Waals surface area (Å²) in [6.07, 6.45) is 0.00754. The fourth-order valence-electron chi connectivity index (χ4n) is 2.53. The molecule has 1 amide bonds. The van der Waals surface area contributed by atoms with Gasteiger partial charge in [-0.2, -0.15) is 0 Å². The molecule has 0 spiro atoms. The number of nitrogens with zero attached hydrogens (tertiary/aromatic N) is 1. The minimum Gasteiger partial charge on any atom is -0.493 e. The topological polar surface area (TPSA) is 48.0 Å². The molecule has 0 unspecified atom stereocenters. The second-order valence-corrected chi connectivity index (χ2v) is 5.55. The van der Waals surface area contributed by atoms with Gasteiger partial charge in [0.15, 0.2) is 11.5 Å². The highest BCUT2D eigenvalue weighted by Gasteiger charge is 2.17. The fraction of sp³-hybridized carbons (Fsp3) is 0.316. The first-order chi connectivity index (χ1) is 12.0. The van der Waals surface area contributed by atoms with Crippen LogP contribution < -0.4 is 14.2 Å². The smallest absolute Gasteiger partial charge is 0.227 e. The fourth-order valence-corrected chi connectivity index (χ4v) is 2.53. The van der Waals surface area contributed by atoms with Crippen LogP contribution in [0.3, 0.4) is 0 Å².